The number of nitrogens with zero attached hydrogens (tertiary/aromatic N) is 4. The normalized spacial score (nSPS) is 20.4. The molecule has 4 aromatic rings. The van der Waals surface area contributed by atoms with Gasteiger partial charge in [0.2, 0.25) is 12.0 Å². The first kappa shape index (κ1) is 36.6. The fourth-order valence-electron chi connectivity index (χ4n) is 4.94. The monoisotopic (exact) mass is 723 g/mol. The molecule has 0 spiro atoms. The van der Waals surface area contributed by atoms with Gasteiger partial charge in [-0.25, -0.2) is 22.8 Å². The smallest absolute Gasteiger partial charge is 0.408 e. The Morgan fingerprint density at radius 3 is 2.46 bits per heavy atom. The number of benzene rings is 3. The quantitative estimate of drug-likeness (QED) is 0.0774. The summed E-state index contributed by atoms with van der Waals surface area (Å²) >= 11 is 0. The van der Waals surface area contributed by atoms with Gasteiger partial charge in [0.25, 0.3) is 0 Å². The van der Waals surface area contributed by atoms with Crippen LogP contribution in [0.5, 0.6) is 11.5 Å². The fraction of sp³-hybridized carbons (Fsp3) is 0.290. The minimum Gasteiger partial charge on any atom is -0.450 e. The Bertz CT molecular complexity index is 2000. The average Bonchev–Trinajstić information content (AvgIpc) is 3.27. The van der Waals surface area contributed by atoms with Crippen LogP contribution in [0.3, 0.4) is 0 Å². The van der Waals surface area contributed by atoms with Crippen LogP contribution in [0.25, 0.3) is 11.1 Å². The van der Waals surface area contributed by atoms with Gasteiger partial charge in [-0.15, -0.1) is 0 Å². The number of aliphatic hydroxyl groups is 1. The summed E-state index contributed by atoms with van der Waals surface area (Å²) in [6, 6.07) is 13.5. The molecule has 1 aromatic heterocycles. The summed E-state index contributed by atoms with van der Waals surface area (Å²) in [4.78, 5) is 26.6. The van der Waals surface area contributed by atoms with Crippen molar-refractivity contribution in [1.29, 1.82) is 0 Å². The third-order valence-electron chi connectivity index (χ3n) is 7.64. The molecule has 2 heterocycles. The van der Waals surface area contributed by atoms with Gasteiger partial charge in [-0.1, -0.05) is 12.1 Å². The van der Waals surface area contributed by atoms with Crippen molar-refractivity contribution in [3.8, 4) is 22.6 Å². The van der Waals surface area contributed by atoms with Crippen molar-refractivity contribution in [3.63, 3.8) is 0 Å². The molecule has 1 aliphatic rings. The Morgan fingerprint density at radius 1 is 1.14 bits per heavy atom. The molecule has 50 heavy (non-hydrogen) atoms. The molecule has 0 bridgehead atoms. The molecule has 0 aliphatic carbocycles. The second kappa shape index (κ2) is 14.3. The van der Waals surface area contributed by atoms with Gasteiger partial charge in [-0.3, -0.25) is 23.7 Å². The van der Waals surface area contributed by atoms with E-state index in [1.807, 2.05) is 0 Å². The summed E-state index contributed by atoms with van der Waals surface area (Å²) in [5, 5.41) is 22.1. The number of alkyl halides is 2. The van der Waals surface area contributed by atoms with Crippen molar-refractivity contribution in [2.45, 2.75) is 37.4 Å². The van der Waals surface area contributed by atoms with E-state index in [0.29, 0.717) is 10.1 Å². The zero-order valence-corrected chi connectivity index (χ0v) is 27.4. The van der Waals surface area contributed by atoms with Crippen LogP contribution in [0, 0.1) is 21.7 Å². The molecule has 266 valence electrons. The van der Waals surface area contributed by atoms with E-state index in [-0.39, 0.29) is 28.4 Å². The second-order valence-electron chi connectivity index (χ2n) is 11.3. The number of aliphatic hydroxyl groups excluding tert-OH is 1. The van der Waals surface area contributed by atoms with Crippen molar-refractivity contribution in [2.75, 3.05) is 26.4 Å². The molecule has 0 saturated carbocycles. The van der Waals surface area contributed by atoms with Crippen LogP contribution in [0.1, 0.15) is 24.8 Å². The highest BCUT2D eigenvalue weighted by molar-refractivity contribution is 7.51. The Labute approximate surface area is 281 Å². The summed E-state index contributed by atoms with van der Waals surface area (Å²) < 4.78 is 95.6. The standard InChI is InChI=1S/C31H30F4N5O9P/c1-17(49-50(45,38(2)3)46-16-26-28(41)31(34,35)29(48-26)39-13-12-27(36)37-30(39)42)19-6-11-24(40(43)44)25(14-19)47-21-9-10-22(23(33)15-21)18-4-7-20(32)8-5-18/h4-15,17,26,28-29,41H,16H2,1-3H3,(H2,36,37,42). The first-order valence-electron chi connectivity index (χ1n) is 14.7. The van der Waals surface area contributed by atoms with Gasteiger partial charge in [0.15, 0.2) is 6.10 Å². The maximum atomic E-state index is 15.0. The number of aromatic nitrogens is 2. The average molecular weight is 724 g/mol. The van der Waals surface area contributed by atoms with Gasteiger partial charge >= 0.3 is 25.0 Å². The Balaban J connectivity index is 1.33. The van der Waals surface area contributed by atoms with E-state index in [9.17, 15) is 42.1 Å². The molecule has 3 N–H and O–H groups in total. The lowest BCUT2D eigenvalue weighted by Gasteiger charge is -2.28. The van der Waals surface area contributed by atoms with Crippen molar-refractivity contribution in [1.82, 2.24) is 14.2 Å². The summed E-state index contributed by atoms with van der Waals surface area (Å²) in [7, 11) is -1.73. The topological polar surface area (TPSA) is 182 Å². The summed E-state index contributed by atoms with van der Waals surface area (Å²) in [6.45, 7) is 0.550. The number of rotatable bonds is 12. The number of nitrogen functional groups attached to an aromatic ring is 1. The van der Waals surface area contributed by atoms with Crippen LogP contribution in [0.4, 0.5) is 29.1 Å². The van der Waals surface area contributed by atoms with Gasteiger partial charge in [-0.05, 0) is 74.6 Å². The number of nitro benzene ring substituents is 1. The summed E-state index contributed by atoms with van der Waals surface area (Å²) in [6.07, 6.45) is -6.76. The Kier molecular flexibility index (Phi) is 10.4. The highest BCUT2D eigenvalue weighted by atomic mass is 31.2. The van der Waals surface area contributed by atoms with Gasteiger partial charge < -0.3 is 20.3 Å². The number of hydrogen-bond donors (Lipinski definition) is 2. The minimum atomic E-state index is -4.35. The zero-order valence-electron chi connectivity index (χ0n) is 26.5. The van der Waals surface area contributed by atoms with Crippen LogP contribution < -0.4 is 16.2 Å². The second-order valence-corrected chi connectivity index (χ2v) is 13.5. The van der Waals surface area contributed by atoms with E-state index in [1.54, 1.807) is 0 Å². The number of anilines is 1. The highest BCUT2D eigenvalue weighted by Crippen LogP contribution is 2.55. The fourth-order valence-corrected chi connectivity index (χ4v) is 6.28. The zero-order chi connectivity index (χ0) is 36.5. The van der Waals surface area contributed by atoms with Crippen LogP contribution in [0.15, 0.2) is 77.7 Å². The van der Waals surface area contributed by atoms with E-state index < -0.39 is 72.8 Å². The van der Waals surface area contributed by atoms with Crippen LogP contribution in [0.2, 0.25) is 0 Å². The minimum absolute atomic E-state index is 0.105. The van der Waals surface area contributed by atoms with Crippen LogP contribution >= 0.6 is 7.75 Å². The first-order chi connectivity index (χ1) is 23.5. The Hall–Kier alpha value is -4.71. The molecule has 0 amide bonds. The van der Waals surface area contributed by atoms with Gasteiger partial charge in [0.05, 0.1) is 17.6 Å². The van der Waals surface area contributed by atoms with Crippen LogP contribution in [-0.4, -0.2) is 63.1 Å². The molecule has 1 aliphatic heterocycles. The molecular weight excluding hydrogens is 693 g/mol. The lowest BCUT2D eigenvalue weighted by molar-refractivity contribution is -0.385. The third-order valence-corrected chi connectivity index (χ3v) is 9.68. The van der Waals surface area contributed by atoms with E-state index >= 15 is 0 Å². The van der Waals surface area contributed by atoms with Crippen molar-refractivity contribution in [3.05, 3.63) is 111 Å². The lowest BCUT2D eigenvalue weighted by Crippen LogP contribution is -2.42. The SMILES string of the molecule is CC(OP(=O)(OCC1OC(n2ccc(N)nc2=O)C(F)(F)C1O)N(C)C)c1ccc([N+](=O)[O-])c(Oc2ccc(-c3ccc(F)cc3)c(F)c2)c1. The van der Waals surface area contributed by atoms with E-state index in [1.165, 1.54) is 69.6 Å². The third kappa shape index (κ3) is 7.55. The maximum absolute atomic E-state index is 15.0. The van der Waals surface area contributed by atoms with Gasteiger partial charge in [0.1, 0.15) is 29.3 Å². The predicted octanol–water partition coefficient (Wildman–Crippen LogP) is 5.83. The van der Waals surface area contributed by atoms with E-state index in [4.69, 9.17) is 24.3 Å². The first-order valence-corrected chi connectivity index (χ1v) is 16.2. The highest BCUT2D eigenvalue weighted by Gasteiger charge is 2.60. The largest absolute Gasteiger partial charge is 0.450 e. The predicted molar refractivity (Wildman–Crippen MR) is 169 cm³/mol. The number of ether oxygens (including phenoxy) is 2. The van der Waals surface area contributed by atoms with Gasteiger partial charge in [0, 0.05) is 23.9 Å². The molecule has 5 rings (SSSR count). The van der Waals surface area contributed by atoms with Crippen molar-refractivity contribution < 1.29 is 50.7 Å². The molecule has 19 heteroatoms. The number of nitrogens with two attached hydrogens (primary N) is 1. The number of hydrogen-bond acceptors (Lipinski definition) is 11. The molecule has 5 unspecified atom stereocenters. The maximum Gasteiger partial charge on any atom is 0.408 e. The molecule has 14 nitrogen and oxygen atoms in total. The molecule has 0 radical (unpaired) electrons. The van der Waals surface area contributed by atoms with Crippen LogP contribution in [-0.2, 0) is 18.3 Å². The van der Waals surface area contributed by atoms with Gasteiger partial charge in [-0.2, -0.15) is 13.8 Å². The Morgan fingerprint density at radius 2 is 1.84 bits per heavy atom. The summed E-state index contributed by atoms with van der Waals surface area (Å²) in [5.74, 6) is -5.88. The molecule has 3 aromatic carbocycles. The molecule has 1 fully saturated rings. The molecular formula is C31H30F4N5O9P. The van der Waals surface area contributed by atoms with Crippen molar-refractivity contribution >= 4 is 19.3 Å². The lowest BCUT2D eigenvalue weighted by atomic mass is 10.0. The number of halogens is 4. The number of nitro groups is 1. The van der Waals surface area contributed by atoms with E-state index in [0.717, 1.165) is 29.1 Å². The molecule has 1 saturated heterocycles. The molecule has 5 atom stereocenters. The van der Waals surface area contributed by atoms with Crippen molar-refractivity contribution in [2.24, 2.45) is 0 Å². The summed E-state index contributed by atoms with van der Waals surface area (Å²) in [5.41, 5.74) is 4.49. The van der Waals surface area contributed by atoms with E-state index in [2.05, 4.69) is 4.98 Å².